The van der Waals surface area contributed by atoms with Gasteiger partial charge in [0.2, 0.25) is 0 Å². The number of ether oxygens (including phenoxy) is 1. The summed E-state index contributed by atoms with van der Waals surface area (Å²) in [5.74, 6) is -0.124. The van der Waals surface area contributed by atoms with Crippen LogP contribution in [0.15, 0.2) is 66.7 Å². The van der Waals surface area contributed by atoms with Crippen LogP contribution in [-0.2, 0) is 11.3 Å². The fraction of sp³-hybridized carbons (Fsp3) is 0.0909. The molecule has 0 aromatic heterocycles. The maximum absolute atomic E-state index is 12.5. The largest absolute Gasteiger partial charge is 0.482 e. The SMILES string of the molecule is O=C(Nc1ccc2c(c1)N(Cc1cccc(Cl)c1)C(=O)CO2)c1ccc([N+](=O)[O-])cc1. The van der Waals surface area contributed by atoms with Crippen molar-refractivity contribution < 1.29 is 19.2 Å². The molecule has 2 amide bonds. The maximum Gasteiger partial charge on any atom is 0.269 e. The number of hydrogen-bond acceptors (Lipinski definition) is 5. The molecule has 1 aliphatic heterocycles. The van der Waals surface area contributed by atoms with Gasteiger partial charge in [-0.3, -0.25) is 19.7 Å². The number of anilines is 2. The molecule has 0 bridgehead atoms. The highest BCUT2D eigenvalue weighted by molar-refractivity contribution is 6.30. The number of non-ortho nitro benzene ring substituents is 1. The van der Waals surface area contributed by atoms with Crippen molar-refractivity contribution in [3.63, 3.8) is 0 Å². The highest BCUT2D eigenvalue weighted by atomic mass is 35.5. The van der Waals surface area contributed by atoms with E-state index in [-0.39, 0.29) is 23.8 Å². The lowest BCUT2D eigenvalue weighted by atomic mass is 10.1. The van der Waals surface area contributed by atoms with Crippen molar-refractivity contribution >= 4 is 40.5 Å². The Balaban J connectivity index is 1.57. The summed E-state index contributed by atoms with van der Waals surface area (Å²) < 4.78 is 5.51. The normalized spacial score (nSPS) is 12.7. The second-order valence-electron chi connectivity index (χ2n) is 6.84. The Labute approximate surface area is 182 Å². The minimum atomic E-state index is -0.531. The molecule has 3 aromatic carbocycles. The summed E-state index contributed by atoms with van der Waals surface area (Å²) in [6.45, 7) is 0.220. The van der Waals surface area contributed by atoms with Crippen molar-refractivity contribution in [1.82, 2.24) is 0 Å². The number of nitrogens with zero attached hydrogens (tertiary/aromatic N) is 2. The maximum atomic E-state index is 12.5. The highest BCUT2D eigenvalue weighted by Crippen LogP contribution is 2.35. The monoisotopic (exact) mass is 437 g/mol. The third-order valence-electron chi connectivity index (χ3n) is 4.73. The zero-order valence-corrected chi connectivity index (χ0v) is 16.8. The van der Waals surface area contributed by atoms with Crippen LogP contribution < -0.4 is 15.0 Å². The molecule has 9 heteroatoms. The Morgan fingerprint density at radius 3 is 2.61 bits per heavy atom. The van der Waals surface area contributed by atoms with Gasteiger partial charge in [-0.2, -0.15) is 0 Å². The molecule has 3 aromatic rings. The lowest BCUT2D eigenvalue weighted by molar-refractivity contribution is -0.384. The van der Waals surface area contributed by atoms with Crippen LogP contribution in [0.5, 0.6) is 5.75 Å². The highest BCUT2D eigenvalue weighted by Gasteiger charge is 2.26. The lowest BCUT2D eigenvalue weighted by Crippen LogP contribution is -2.38. The summed E-state index contributed by atoms with van der Waals surface area (Å²) in [6.07, 6.45) is 0. The van der Waals surface area contributed by atoms with Crippen LogP contribution in [0.1, 0.15) is 15.9 Å². The molecule has 1 aliphatic rings. The number of nitro benzene ring substituents is 1. The number of nitrogens with one attached hydrogen (secondary N) is 1. The van der Waals surface area contributed by atoms with Gasteiger partial charge in [0.25, 0.3) is 17.5 Å². The molecule has 0 saturated carbocycles. The van der Waals surface area contributed by atoms with Crippen molar-refractivity contribution in [3.05, 3.63) is 93.0 Å². The number of hydrogen-bond donors (Lipinski definition) is 1. The van der Waals surface area contributed by atoms with E-state index < -0.39 is 10.8 Å². The molecule has 0 fully saturated rings. The van der Waals surface area contributed by atoms with E-state index in [1.807, 2.05) is 12.1 Å². The van der Waals surface area contributed by atoms with Crippen LogP contribution in [0.4, 0.5) is 17.1 Å². The number of benzene rings is 3. The third kappa shape index (κ3) is 4.49. The van der Waals surface area contributed by atoms with Gasteiger partial charge in [-0.05, 0) is 48.0 Å². The van der Waals surface area contributed by atoms with Gasteiger partial charge in [-0.15, -0.1) is 0 Å². The smallest absolute Gasteiger partial charge is 0.269 e. The molecule has 4 rings (SSSR count). The molecule has 8 nitrogen and oxygen atoms in total. The molecule has 1 N–H and O–H groups in total. The third-order valence-corrected chi connectivity index (χ3v) is 4.96. The van der Waals surface area contributed by atoms with Crippen LogP contribution >= 0.6 is 11.6 Å². The van der Waals surface area contributed by atoms with E-state index in [1.54, 1.807) is 35.2 Å². The predicted molar refractivity (Wildman–Crippen MR) is 116 cm³/mol. The van der Waals surface area contributed by atoms with E-state index in [0.29, 0.717) is 28.7 Å². The fourth-order valence-electron chi connectivity index (χ4n) is 3.21. The number of carbonyl (C=O) groups is 2. The van der Waals surface area contributed by atoms with Crippen molar-refractivity contribution in [1.29, 1.82) is 0 Å². The lowest BCUT2D eigenvalue weighted by Gasteiger charge is -2.30. The zero-order valence-electron chi connectivity index (χ0n) is 16.1. The van der Waals surface area contributed by atoms with Gasteiger partial charge in [-0.1, -0.05) is 23.7 Å². The van der Waals surface area contributed by atoms with E-state index in [9.17, 15) is 19.7 Å². The zero-order chi connectivity index (χ0) is 22.0. The van der Waals surface area contributed by atoms with E-state index in [2.05, 4.69) is 5.32 Å². The van der Waals surface area contributed by atoms with E-state index in [1.165, 1.54) is 24.3 Å². The molecular formula is C22H16ClN3O5. The summed E-state index contributed by atoms with van der Waals surface area (Å²) in [7, 11) is 0. The van der Waals surface area contributed by atoms with E-state index >= 15 is 0 Å². The number of halogens is 1. The summed E-state index contributed by atoms with van der Waals surface area (Å²) in [6, 6.07) is 17.5. The quantitative estimate of drug-likeness (QED) is 0.470. The average Bonchev–Trinajstić information content (AvgIpc) is 2.76. The average molecular weight is 438 g/mol. The number of amides is 2. The molecule has 31 heavy (non-hydrogen) atoms. The minimum absolute atomic E-state index is 0.0813. The Morgan fingerprint density at radius 2 is 1.90 bits per heavy atom. The minimum Gasteiger partial charge on any atom is -0.482 e. The first-order chi connectivity index (χ1) is 14.9. The van der Waals surface area contributed by atoms with Gasteiger partial charge in [0.1, 0.15) is 5.75 Å². The predicted octanol–water partition coefficient (Wildman–Crippen LogP) is 4.43. The molecule has 0 spiro atoms. The topological polar surface area (TPSA) is 102 Å². The molecule has 0 saturated heterocycles. The van der Waals surface area contributed by atoms with Gasteiger partial charge >= 0.3 is 0 Å². The van der Waals surface area contributed by atoms with E-state index in [4.69, 9.17) is 16.3 Å². The van der Waals surface area contributed by atoms with E-state index in [0.717, 1.165) is 5.56 Å². The first-order valence-corrected chi connectivity index (χ1v) is 9.66. The van der Waals surface area contributed by atoms with Crippen LogP contribution in [-0.4, -0.2) is 23.3 Å². The van der Waals surface area contributed by atoms with Gasteiger partial charge in [-0.25, -0.2) is 0 Å². The molecule has 1 heterocycles. The van der Waals surface area contributed by atoms with Gasteiger partial charge in [0, 0.05) is 28.4 Å². The van der Waals surface area contributed by atoms with Crippen LogP contribution in [0.3, 0.4) is 0 Å². The Kier molecular flexibility index (Phi) is 5.55. The summed E-state index contributed by atoms with van der Waals surface area (Å²) in [5, 5.41) is 14.1. The summed E-state index contributed by atoms with van der Waals surface area (Å²) in [4.78, 5) is 36.9. The van der Waals surface area contributed by atoms with Crippen molar-refractivity contribution in [3.8, 4) is 5.75 Å². The van der Waals surface area contributed by atoms with Crippen molar-refractivity contribution in [2.75, 3.05) is 16.8 Å². The summed E-state index contributed by atoms with van der Waals surface area (Å²) >= 11 is 6.05. The second kappa shape index (κ2) is 8.45. The Morgan fingerprint density at radius 1 is 1.13 bits per heavy atom. The number of rotatable bonds is 5. The fourth-order valence-corrected chi connectivity index (χ4v) is 3.42. The first kappa shape index (κ1) is 20.4. The number of fused-ring (bicyclic) bond motifs is 1. The van der Waals surface area contributed by atoms with Gasteiger partial charge in [0.15, 0.2) is 6.61 Å². The molecule has 156 valence electrons. The summed E-state index contributed by atoms with van der Waals surface area (Å²) in [5.41, 5.74) is 2.01. The second-order valence-corrected chi connectivity index (χ2v) is 7.28. The van der Waals surface area contributed by atoms with Crippen LogP contribution in [0.2, 0.25) is 5.02 Å². The molecule has 0 radical (unpaired) electrons. The molecule has 0 aliphatic carbocycles. The molecule has 0 unspecified atom stereocenters. The van der Waals surface area contributed by atoms with Crippen molar-refractivity contribution in [2.45, 2.75) is 6.54 Å². The van der Waals surface area contributed by atoms with Crippen LogP contribution in [0, 0.1) is 10.1 Å². The van der Waals surface area contributed by atoms with Gasteiger partial charge < -0.3 is 15.0 Å². The Hall–Kier alpha value is -3.91. The molecule has 0 atom stereocenters. The number of carbonyl (C=O) groups excluding carboxylic acids is 2. The molecular weight excluding hydrogens is 422 g/mol. The Bertz CT molecular complexity index is 1180. The standard InChI is InChI=1S/C22H16ClN3O5/c23-16-3-1-2-14(10-16)12-25-19-11-17(6-9-20(19)31-13-21(25)27)24-22(28)15-4-7-18(8-5-15)26(29)30/h1-11H,12-13H2,(H,24,28). The first-order valence-electron chi connectivity index (χ1n) is 9.28. The van der Waals surface area contributed by atoms with Gasteiger partial charge in [0.05, 0.1) is 17.2 Å². The van der Waals surface area contributed by atoms with Crippen molar-refractivity contribution in [2.24, 2.45) is 0 Å². The number of nitro groups is 1. The van der Waals surface area contributed by atoms with Crippen LogP contribution in [0.25, 0.3) is 0 Å².